The molecule has 0 aromatic heterocycles. The van der Waals surface area contributed by atoms with E-state index in [1.807, 2.05) is 24.3 Å². The molecular weight excluding hydrogens is 542 g/mol. The first-order valence-electron chi connectivity index (χ1n) is 12.3. The number of benzene rings is 3. The van der Waals surface area contributed by atoms with Gasteiger partial charge in [0.05, 0.1) is 45.4 Å². The Morgan fingerprint density at radius 1 is 0.872 bits per heavy atom. The van der Waals surface area contributed by atoms with Gasteiger partial charge in [0.2, 0.25) is 10.0 Å². The predicted octanol–water partition coefficient (Wildman–Crippen LogP) is 4.29. The molecule has 0 radical (unpaired) electrons. The number of rotatable bonds is 9. The van der Waals surface area contributed by atoms with Crippen LogP contribution in [0.5, 0.6) is 17.2 Å². The first-order chi connectivity index (χ1) is 18.6. The van der Waals surface area contributed by atoms with E-state index in [-0.39, 0.29) is 23.7 Å². The number of methoxy groups -OCH3 is 3. The maximum absolute atomic E-state index is 13.9. The first kappa shape index (κ1) is 28.4. The highest BCUT2D eigenvalue weighted by Crippen LogP contribution is 2.38. The zero-order chi connectivity index (χ0) is 28.2. The van der Waals surface area contributed by atoms with Crippen LogP contribution in [0.3, 0.4) is 0 Å². The molecule has 1 amide bonds. The third-order valence-electron chi connectivity index (χ3n) is 6.65. The Bertz CT molecular complexity index is 1410. The Kier molecular flexibility index (Phi) is 8.76. The number of nitrogens with zero attached hydrogens (tertiary/aromatic N) is 3. The SMILES string of the molecule is COc1ccc(N2CCN(C(=O)c3cc(OC)c(OC)cc3N(Cc3ccc(Cl)cc3)S(C)(=O)=O)CC2)cc1. The largest absolute Gasteiger partial charge is 0.497 e. The molecule has 9 nitrogen and oxygen atoms in total. The van der Waals surface area contributed by atoms with Crippen LogP contribution in [0.1, 0.15) is 15.9 Å². The molecule has 1 aliphatic heterocycles. The fraction of sp³-hybridized carbons (Fsp3) is 0.321. The number of hydrogen-bond acceptors (Lipinski definition) is 7. The molecule has 3 aromatic rings. The summed E-state index contributed by atoms with van der Waals surface area (Å²) in [6.45, 7) is 2.20. The molecular formula is C28H32ClN3O6S. The lowest BCUT2D eigenvalue weighted by atomic mass is 10.1. The van der Waals surface area contributed by atoms with E-state index >= 15 is 0 Å². The smallest absolute Gasteiger partial charge is 0.256 e. The molecule has 0 atom stereocenters. The number of halogens is 1. The van der Waals surface area contributed by atoms with Gasteiger partial charge in [0.15, 0.2) is 11.5 Å². The summed E-state index contributed by atoms with van der Waals surface area (Å²) in [5, 5.41) is 0.542. The van der Waals surface area contributed by atoms with Gasteiger partial charge in [-0.25, -0.2) is 8.42 Å². The highest BCUT2D eigenvalue weighted by atomic mass is 35.5. The van der Waals surface area contributed by atoms with Crippen molar-refractivity contribution in [3.63, 3.8) is 0 Å². The molecule has 4 rings (SSSR count). The molecule has 0 N–H and O–H groups in total. The van der Waals surface area contributed by atoms with E-state index < -0.39 is 10.0 Å². The molecule has 0 aliphatic carbocycles. The van der Waals surface area contributed by atoms with Gasteiger partial charge in [-0.15, -0.1) is 0 Å². The van der Waals surface area contributed by atoms with Crippen molar-refractivity contribution in [3.05, 3.63) is 76.8 Å². The molecule has 39 heavy (non-hydrogen) atoms. The summed E-state index contributed by atoms with van der Waals surface area (Å²) >= 11 is 6.02. The lowest BCUT2D eigenvalue weighted by Crippen LogP contribution is -2.49. The minimum Gasteiger partial charge on any atom is -0.497 e. The molecule has 0 spiro atoms. The first-order valence-corrected chi connectivity index (χ1v) is 14.5. The highest BCUT2D eigenvalue weighted by Gasteiger charge is 2.30. The number of carbonyl (C=O) groups excluding carboxylic acids is 1. The Morgan fingerprint density at radius 3 is 2.00 bits per heavy atom. The van der Waals surface area contributed by atoms with Crippen LogP contribution >= 0.6 is 11.6 Å². The molecule has 11 heteroatoms. The van der Waals surface area contributed by atoms with E-state index in [9.17, 15) is 13.2 Å². The second kappa shape index (κ2) is 12.0. The second-order valence-corrected chi connectivity index (χ2v) is 11.4. The molecule has 208 valence electrons. The van der Waals surface area contributed by atoms with Crippen LogP contribution in [0.4, 0.5) is 11.4 Å². The molecule has 1 aliphatic rings. The van der Waals surface area contributed by atoms with Gasteiger partial charge in [0.25, 0.3) is 5.91 Å². The quantitative estimate of drug-likeness (QED) is 0.377. The van der Waals surface area contributed by atoms with Crippen molar-refractivity contribution in [2.45, 2.75) is 6.54 Å². The fourth-order valence-corrected chi connectivity index (χ4v) is 5.53. The van der Waals surface area contributed by atoms with Crippen LogP contribution in [-0.4, -0.2) is 73.0 Å². The minimum atomic E-state index is -3.79. The van der Waals surface area contributed by atoms with E-state index in [2.05, 4.69) is 4.90 Å². The van der Waals surface area contributed by atoms with Gasteiger partial charge >= 0.3 is 0 Å². The third kappa shape index (κ3) is 6.51. The molecule has 1 heterocycles. The summed E-state index contributed by atoms with van der Waals surface area (Å²) < 4.78 is 43.5. The number of carbonyl (C=O) groups is 1. The summed E-state index contributed by atoms with van der Waals surface area (Å²) in [5.74, 6) is 1.15. The second-order valence-electron chi connectivity index (χ2n) is 9.10. The van der Waals surface area contributed by atoms with E-state index in [0.717, 1.165) is 17.7 Å². The molecule has 0 saturated carbocycles. The van der Waals surface area contributed by atoms with Crippen LogP contribution in [0, 0.1) is 0 Å². The summed E-state index contributed by atoms with van der Waals surface area (Å²) in [5.41, 5.74) is 2.18. The van der Waals surface area contributed by atoms with Gasteiger partial charge in [0, 0.05) is 43.0 Å². The number of anilines is 2. The molecule has 0 unspecified atom stereocenters. The maximum atomic E-state index is 13.9. The predicted molar refractivity (Wildman–Crippen MR) is 153 cm³/mol. The van der Waals surface area contributed by atoms with Crippen molar-refractivity contribution in [2.24, 2.45) is 0 Å². The Labute approximate surface area is 234 Å². The highest BCUT2D eigenvalue weighted by molar-refractivity contribution is 7.92. The number of amides is 1. The standard InChI is InChI=1S/C28H32ClN3O6S/c1-36-23-11-9-22(10-12-23)30-13-15-31(16-14-30)28(33)24-17-26(37-2)27(38-3)18-25(24)32(39(4,34)35)19-20-5-7-21(29)8-6-20/h5-12,17-18H,13-16,19H2,1-4H3. The minimum absolute atomic E-state index is 0.0109. The summed E-state index contributed by atoms with van der Waals surface area (Å²) in [6.07, 6.45) is 1.11. The van der Waals surface area contributed by atoms with Gasteiger partial charge in [-0.2, -0.15) is 0 Å². The molecule has 1 saturated heterocycles. The van der Waals surface area contributed by atoms with Crippen LogP contribution in [-0.2, 0) is 16.6 Å². The molecule has 3 aromatic carbocycles. The Morgan fingerprint density at radius 2 is 1.46 bits per heavy atom. The summed E-state index contributed by atoms with van der Waals surface area (Å²) in [7, 11) is 0.771. The zero-order valence-electron chi connectivity index (χ0n) is 22.4. The summed E-state index contributed by atoms with van der Waals surface area (Å²) in [4.78, 5) is 17.8. The van der Waals surface area contributed by atoms with Gasteiger partial charge in [-0.3, -0.25) is 9.10 Å². The number of sulfonamides is 1. The van der Waals surface area contributed by atoms with E-state index in [0.29, 0.717) is 48.3 Å². The normalized spacial score (nSPS) is 13.7. The lowest BCUT2D eigenvalue weighted by molar-refractivity contribution is 0.0747. The van der Waals surface area contributed by atoms with Crippen molar-refractivity contribution in [3.8, 4) is 17.2 Å². The third-order valence-corrected chi connectivity index (χ3v) is 8.02. The lowest BCUT2D eigenvalue weighted by Gasteiger charge is -2.37. The van der Waals surface area contributed by atoms with Crippen molar-refractivity contribution < 1.29 is 27.4 Å². The van der Waals surface area contributed by atoms with Crippen molar-refractivity contribution in [1.29, 1.82) is 0 Å². The fourth-order valence-electron chi connectivity index (χ4n) is 4.51. The van der Waals surface area contributed by atoms with Gasteiger partial charge in [-0.05, 0) is 48.0 Å². The van der Waals surface area contributed by atoms with Crippen LogP contribution < -0.4 is 23.4 Å². The monoisotopic (exact) mass is 573 g/mol. The Hall–Kier alpha value is -3.63. The van der Waals surface area contributed by atoms with Crippen LogP contribution in [0.2, 0.25) is 5.02 Å². The zero-order valence-corrected chi connectivity index (χ0v) is 24.0. The van der Waals surface area contributed by atoms with Crippen molar-refractivity contribution >= 4 is 38.9 Å². The van der Waals surface area contributed by atoms with Crippen molar-refractivity contribution in [1.82, 2.24) is 4.90 Å². The van der Waals surface area contributed by atoms with E-state index in [1.54, 1.807) is 42.3 Å². The molecule has 1 fully saturated rings. The topological polar surface area (TPSA) is 88.6 Å². The number of ether oxygens (including phenoxy) is 3. The Balaban J connectivity index is 1.66. The van der Waals surface area contributed by atoms with Crippen molar-refractivity contribution in [2.75, 3.05) is 63.0 Å². The number of hydrogen-bond donors (Lipinski definition) is 0. The average molecular weight is 574 g/mol. The molecule has 0 bridgehead atoms. The van der Waals surface area contributed by atoms with E-state index in [4.69, 9.17) is 25.8 Å². The van der Waals surface area contributed by atoms with E-state index in [1.165, 1.54) is 24.6 Å². The average Bonchev–Trinajstić information content (AvgIpc) is 2.95. The van der Waals surface area contributed by atoms with Gasteiger partial charge < -0.3 is 24.0 Å². The van der Waals surface area contributed by atoms with Gasteiger partial charge in [-0.1, -0.05) is 23.7 Å². The number of piperazine rings is 1. The maximum Gasteiger partial charge on any atom is 0.256 e. The van der Waals surface area contributed by atoms with Crippen LogP contribution in [0.15, 0.2) is 60.7 Å². The summed E-state index contributed by atoms with van der Waals surface area (Å²) in [6, 6.07) is 17.8. The van der Waals surface area contributed by atoms with Crippen LogP contribution in [0.25, 0.3) is 0 Å². The van der Waals surface area contributed by atoms with Gasteiger partial charge in [0.1, 0.15) is 5.75 Å².